The highest BCUT2D eigenvalue weighted by Gasteiger charge is 2.57. The lowest BCUT2D eigenvalue weighted by atomic mass is 9.96. The Morgan fingerprint density at radius 3 is 1.42 bits per heavy atom. The Morgan fingerprint density at radius 1 is 0.509 bits per heavy atom. The molecule has 0 N–H and O–H groups in total. The Morgan fingerprint density at radius 2 is 0.927 bits per heavy atom. The number of esters is 7. The number of thioether (sulfide) groups is 1. The fourth-order valence-corrected chi connectivity index (χ4v) is 7.31. The summed E-state index contributed by atoms with van der Waals surface area (Å²) in [4.78, 5) is 85.9. The van der Waals surface area contributed by atoms with Crippen LogP contribution in [0.15, 0.2) is 12.7 Å². The molecule has 2 heterocycles. The molecule has 10 atom stereocenters. The number of carbonyl (C=O) groups excluding carboxylic acids is 7. The van der Waals surface area contributed by atoms with E-state index in [2.05, 4.69) is 6.58 Å². The topological polar surface area (TPSA) is 212 Å². The van der Waals surface area contributed by atoms with Crippen LogP contribution < -0.4 is 0 Å². The molecule has 0 amide bonds. The van der Waals surface area contributed by atoms with Gasteiger partial charge in [-0.2, -0.15) is 0 Å². The SMILES string of the molecule is C=CCCCCCCCCCS[C@@H]1O[C@H](COC(C)=O)[C@@H](O[C@@H]2O[C@H](COC(C)=O)[C@H](OC(C)=O)[C@H](OC(C)=O)[C@H]2OC(C)=O)[C@H](OC(C)=O)[C@H]1OC(C)=O. The number of carbonyl (C=O) groups is 7. The number of rotatable bonds is 22. The van der Waals surface area contributed by atoms with Gasteiger partial charge in [0, 0.05) is 48.5 Å². The number of ether oxygens (including phenoxy) is 10. The Labute approximate surface area is 326 Å². The summed E-state index contributed by atoms with van der Waals surface area (Å²) in [5.41, 5.74) is -0.928. The van der Waals surface area contributed by atoms with Crippen molar-refractivity contribution >= 4 is 53.5 Å². The van der Waals surface area contributed by atoms with Crippen molar-refractivity contribution < 1.29 is 80.9 Å². The van der Waals surface area contributed by atoms with Gasteiger partial charge in [-0.05, 0) is 25.0 Å². The molecule has 18 heteroatoms. The zero-order valence-corrected chi connectivity index (χ0v) is 33.5. The van der Waals surface area contributed by atoms with Crippen molar-refractivity contribution in [2.45, 2.75) is 160 Å². The number of allylic oxidation sites excluding steroid dienone is 1. The van der Waals surface area contributed by atoms with Crippen molar-refractivity contribution in [3.05, 3.63) is 12.7 Å². The molecule has 2 rings (SSSR count). The third kappa shape index (κ3) is 17.3. The summed E-state index contributed by atoms with van der Waals surface area (Å²) in [6.45, 7) is 10.6. The van der Waals surface area contributed by atoms with E-state index in [0.29, 0.717) is 5.75 Å². The van der Waals surface area contributed by atoms with E-state index >= 15 is 0 Å². The molecule has 17 nitrogen and oxygen atoms in total. The molecule has 0 aromatic heterocycles. The molecule has 55 heavy (non-hydrogen) atoms. The smallest absolute Gasteiger partial charge is 0.303 e. The van der Waals surface area contributed by atoms with Crippen LogP contribution in [-0.2, 0) is 80.9 Å². The summed E-state index contributed by atoms with van der Waals surface area (Å²) in [5.74, 6) is -4.90. The van der Waals surface area contributed by atoms with Crippen LogP contribution in [0.3, 0.4) is 0 Å². The Kier molecular flexibility index (Phi) is 21.3. The fraction of sp³-hybridized carbons (Fsp3) is 0.757. The molecule has 0 aliphatic carbocycles. The maximum absolute atomic E-state index is 12.6. The van der Waals surface area contributed by atoms with Gasteiger partial charge in [-0.15, -0.1) is 18.3 Å². The van der Waals surface area contributed by atoms with E-state index in [-0.39, 0.29) is 0 Å². The van der Waals surface area contributed by atoms with E-state index in [1.807, 2.05) is 6.08 Å². The lowest BCUT2D eigenvalue weighted by Gasteiger charge is -2.48. The van der Waals surface area contributed by atoms with Crippen LogP contribution in [-0.4, -0.2) is 121 Å². The third-order valence-corrected chi connectivity index (χ3v) is 9.45. The molecular formula is C37H56O17S. The Bertz CT molecular complexity index is 1310. The third-order valence-electron chi connectivity index (χ3n) is 8.22. The van der Waals surface area contributed by atoms with E-state index in [1.54, 1.807) is 0 Å². The van der Waals surface area contributed by atoms with Crippen LogP contribution in [0.25, 0.3) is 0 Å². The average molecular weight is 805 g/mol. The van der Waals surface area contributed by atoms with Crippen LogP contribution in [0.5, 0.6) is 0 Å². The van der Waals surface area contributed by atoms with Crippen molar-refractivity contribution in [2.24, 2.45) is 0 Å². The first kappa shape index (κ1) is 47.4. The average Bonchev–Trinajstić information content (AvgIpc) is 3.07. The molecule has 0 spiro atoms. The van der Waals surface area contributed by atoms with Gasteiger partial charge >= 0.3 is 41.8 Å². The first-order valence-electron chi connectivity index (χ1n) is 18.4. The monoisotopic (exact) mass is 804 g/mol. The predicted molar refractivity (Wildman–Crippen MR) is 193 cm³/mol. The van der Waals surface area contributed by atoms with Crippen molar-refractivity contribution in [3.8, 4) is 0 Å². The number of hydrogen-bond acceptors (Lipinski definition) is 18. The molecule has 2 aliphatic heterocycles. The zero-order valence-electron chi connectivity index (χ0n) is 32.7. The molecule has 0 unspecified atom stereocenters. The second kappa shape index (κ2) is 24.7. The van der Waals surface area contributed by atoms with Crippen molar-refractivity contribution in [2.75, 3.05) is 19.0 Å². The van der Waals surface area contributed by atoms with Gasteiger partial charge in [0.25, 0.3) is 0 Å². The van der Waals surface area contributed by atoms with Crippen molar-refractivity contribution in [1.82, 2.24) is 0 Å². The normalized spacial score (nSPS) is 27.5. The summed E-state index contributed by atoms with van der Waals surface area (Å²) in [5, 5.41) is 0. The molecule has 2 fully saturated rings. The van der Waals surface area contributed by atoms with Crippen LogP contribution >= 0.6 is 11.8 Å². The largest absolute Gasteiger partial charge is 0.463 e. The Balaban J connectivity index is 2.53. The second-order valence-corrected chi connectivity index (χ2v) is 14.3. The lowest BCUT2D eigenvalue weighted by molar-refractivity contribution is -0.341. The van der Waals surface area contributed by atoms with Gasteiger partial charge < -0.3 is 47.4 Å². The second-order valence-electron chi connectivity index (χ2n) is 13.1. The maximum atomic E-state index is 12.6. The van der Waals surface area contributed by atoms with Crippen LogP contribution in [0, 0.1) is 0 Å². The highest BCUT2D eigenvalue weighted by atomic mass is 32.2. The van der Waals surface area contributed by atoms with E-state index in [0.717, 1.165) is 86.0 Å². The molecule has 2 aliphatic rings. The van der Waals surface area contributed by atoms with Gasteiger partial charge in [0.2, 0.25) is 0 Å². The minimum absolute atomic E-state index is 0.432. The van der Waals surface area contributed by atoms with Gasteiger partial charge in [0.15, 0.2) is 36.8 Å². The van der Waals surface area contributed by atoms with Gasteiger partial charge in [-0.1, -0.05) is 38.2 Å². The van der Waals surface area contributed by atoms with Crippen molar-refractivity contribution in [1.29, 1.82) is 0 Å². The number of unbranched alkanes of at least 4 members (excludes halogenated alkanes) is 7. The molecule has 0 radical (unpaired) electrons. The van der Waals surface area contributed by atoms with Gasteiger partial charge in [-0.25, -0.2) is 0 Å². The molecule has 0 aromatic carbocycles. The van der Waals surface area contributed by atoms with Crippen LogP contribution in [0.4, 0.5) is 0 Å². The minimum atomic E-state index is -1.73. The van der Waals surface area contributed by atoms with E-state index in [4.69, 9.17) is 47.4 Å². The maximum Gasteiger partial charge on any atom is 0.303 e. The van der Waals surface area contributed by atoms with E-state index < -0.39 is 116 Å². The van der Waals surface area contributed by atoms with Crippen LogP contribution in [0.2, 0.25) is 0 Å². The van der Waals surface area contributed by atoms with Gasteiger partial charge in [-0.3, -0.25) is 33.6 Å². The molecule has 0 saturated carbocycles. The van der Waals surface area contributed by atoms with E-state index in [9.17, 15) is 33.6 Å². The van der Waals surface area contributed by atoms with Gasteiger partial charge in [0.05, 0.1) is 0 Å². The van der Waals surface area contributed by atoms with E-state index in [1.165, 1.54) is 25.6 Å². The van der Waals surface area contributed by atoms with Gasteiger partial charge in [0.1, 0.15) is 37.0 Å². The molecule has 2 saturated heterocycles. The molecule has 0 aromatic rings. The first-order chi connectivity index (χ1) is 26.0. The summed E-state index contributed by atoms with van der Waals surface area (Å²) in [6.07, 6.45) is -2.96. The quantitative estimate of drug-likeness (QED) is 0.0661. The Hall–Kier alpha value is -3.74. The minimum Gasteiger partial charge on any atom is -0.463 e. The first-order valence-corrected chi connectivity index (χ1v) is 19.4. The summed E-state index contributed by atoms with van der Waals surface area (Å²) in [7, 11) is 0. The molecular weight excluding hydrogens is 748 g/mol. The molecule has 0 bridgehead atoms. The van der Waals surface area contributed by atoms with Crippen LogP contribution in [0.1, 0.15) is 99.8 Å². The highest BCUT2D eigenvalue weighted by Crippen LogP contribution is 2.38. The molecule has 312 valence electrons. The lowest BCUT2D eigenvalue weighted by Crippen LogP contribution is -2.66. The number of hydrogen-bond donors (Lipinski definition) is 0. The zero-order chi connectivity index (χ0) is 41.1. The highest BCUT2D eigenvalue weighted by molar-refractivity contribution is 7.99. The summed E-state index contributed by atoms with van der Waals surface area (Å²) < 4.78 is 57.3. The summed E-state index contributed by atoms with van der Waals surface area (Å²) >= 11 is 1.32. The van der Waals surface area contributed by atoms with Crippen molar-refractivity contribution in [3.63, 3.8) is 0 Å². The fourth-order valence-electron chi connectivity index (χ4n) is 6.08. The predicted octanol–water partition coefficient (Wildman–Crippen LogP) is 3.65. The standard InChI is InChI=1S/C37H56O17S/c1-9-10-11-12-13-14-15-16-17-18-55-37-35(51-27(8)44)33(49-25(6)42)31(29(53-37)20-46-22(3)39)54-36-34(50-26(7)43)32(48-24(5)41)30(47-23(4)40)28(52-36)19-45-21(2)38/h9,28-37H,1,10-20H2,2-8H3/t28-,29-,30+,31-,32+,33+,34-,35-,36+,37+/m1/s1. The summed E-state index contributed by atoms with van der Waals surface area (Å²) in [6, 6.07) is 0.